The summed E-state index contributed by atoms with van der Waals surface area (Å²) in [5.74, 6) is 2.18. The smallest absolute Gasteiger partial charge is 0.163 e. The molecular weight excluding hydrogens is 384 g/mol. The van der Waals surface area contributed by atoms with E-state index in [1.165, 1.54) is 5.57 Å². The summed E-state index contributed by atoms with van der Waals surface area (Å²) in [6, 6.07) is 0. The van der Waals surface area contributed by atoms with E-state index in [9.17, 15) is 14.7 Å². The van der Waals surface area contributed by atoms with Crippen LogP contribution in [0.2, 0.25) is 0 Å². The third-order valence-corrected chi connectivity index (χ3v) is 9.48. The van der Waals surface area contributed by atoms with Crippen molar-refractivity contribution in [2.45, 2.75) is 85.7 Å². The van der Waals surface area contributed by atoms with Gasteiger partial charge in [-0.1, -0.05) is 52.8 Å². The third-order valence-electron chi connectivity index (χ3n) is 9.48. The molecule has 0 aromatic rings. The molecule has 0 aromatic carbocycles. The molecule has 1 saturated carbocycles. The van der Waals surface area contributed by atoms with E-state index in [1.54, 1.807) is 0 Å². The van der Waals surface area contributed by atoms with Gasteiger partial charge in [0.15, 0.2) is 5.78 Å². The Hall–Kier alpha value is -1.48. The summed E-state index contributed by atoms with van der Waals surface area (Å²) in [5, 5.41) is 11.2. The lowest BCUT2D eigenvalue weighted by Gasteiger charge is -2.49. The fourth-order valence-electron chi connectivity index (χ4n) is 7.39. The summed E-state index contributed by atoms with van der Waals surface area (Å²) in [7, 11) is 0. The Balaban J connectivity index is 1.64. The first kappa shape index (κ1) is 22.7. The standard InChI is InChI=1S/C28H40O3/c1-15(2)16(3)7-8-17(4)21-10-11-22-27-24(30)13-20-18(5)23(29)12-9-19(20)26(27)25(31)14-28(21,22)6/h9,15,17-18,20-22,24,30H,3,7-8,10-14H2,1-2,4-6H3. The SMILES string of the molecule is C=C(CCC(C)C1CCC2C3=C(C(=O)CC21C)C1=CCC(=O)C(C)C1CC3O)C(C)C. The second kappa shape index (κ2) is 8.14. The molecule has 4 aliphatic rings. The van der Waals surface area contributed by atoms with E-state index in [0.29, 0.717) is 37.0 Å². The van der Waals surface area contributed by atoms with E-state index < -0.39 is 6.10 Å². The molecule has 0 aromatic heterocycles. The first-order chi connectivity index (χ1) is 14.6. The minimum Gasteiger partial charge on any atom is -0.389 e. The van der Waals surface area contributed by atoms with Crippen molar-refractivity contribution in [3.05, 3.63) is 34.9 Å². The van der Waals surface area contributed by atoms with E-state index in [4.69, 9.17) is 0 Å². The number of Topliss-reactive ketones (excluding diaryl/α,β-unsaturated/α-hetero) is 2. The number of hydrogen-bond acceptors (Lipinski definition) is 3. The zero-order valence-corrected chi connectivity index (χ0v) is 20.0. The highest BCUT2D eigenvalue weighted by molar-refractivity contribution is 6.03. The van der Waals surface area contributed by atoms with Gasteiger partial charge in [0.2, 0.25) is 0 Å². The van der Waals surface area contributed by atoms with Crippen LogP contribution in [0.1, 0.15) is 79.6 Å². The van der Waals surface area contributed by atoms with Crippen LogP contribution in [0.4, 0.5) is 0 Å². The van der Waals surface area contributed by atoms with E-state index in [-0.39, 0.29) is 34.7 Å². The van der Waals surface area contributed by atoms with Crippen LogP contribution >= 0.6 is 0 Å². The van der Waals surface area contributed by atoms with Gasteiger partial charge in [0.05, 0.1) is 6.10 Å². The summed E-state index contributed by atoms with van der Waals surface area (Å²) in [4.78, 5) is 25.8. The van der Waals surface area contributed by atoms with E-state index in [2.05, 4.69) is 34.3 Å². The maximum absolute atomic E-state index is 13.6. The molecule has 1 fully saturated rings. The number of aliphatic hydroxyl groups excluding tert-OH is 1. The van der Waals surface area contributed by atoms with E-state index in [1.807, 2.05) is 13.0 Å². The Kier molecular flexibility index (Phi) is 5.96. The highest BCUT2D eigenvalue weighted by Gasteiger charge is 2.57. The van der Waals surface area contributed by atoms with Crippen LogP contribution in [0, 0.1) is 40.9 Å². The number of allylic oxidation sites excluding steroid dienone is 4. The minimum absolute atomic E-state index is 0.00137. The number of rotatable bonds is 5. The second-order valence-corrected chi connectivity index (χ2v) is 11.5. The van der Waals surface area contributed by atoms with Gasteiger partial charge in [0.1, 0.15) is 5.78 Å². The van der Waals surface area contributed by atoms with Crippen LogP contribution in [-0.4, -0.2) is 22.8 Å². The number of carbonyl (C=O) groups excluding carboxylic acids is 2. The van der Waals surface area contributed by atoms with Crippen LogP contribution in [-0.2, 0) is 9.59 Å². The summed E-state index contributed by atoms with van der Waals surface area (Å²) in [5.41, 5.74) is 4.15. The molecule has 4 rings (SSSR count). The highest BCUT2D eigenvalue weighted by Crippen LogP contribution is 2.62. The molecule has 170 valence electrons. The molecule has 3 heteroatoms. The van der Waals surface area contributed by atoms with Crippen LogP contribution in [0.25, 0.3) is 0 Å². The fraction of sp³-hybridized carbons (Fsp3) is 0.714. The van der Waals surface area contributed by atoms with Crippen molar-refractivity contribution in [2.75, 3.05) is 0 Å². The lowest BCUT2D eigenvalue weighted by atomic mass is 9.55. The van der Waals surface area contributed by atoms with Gasteiger partial charge < -0.3 is 5.11 Å². The third kappa shape index (κ3) is 3.61. The summed E-state index contributed by atoms with van der Waals surface area (Å²) in [6.45, 7) is 15.3. The van der Waals surface area contributed by atoms with Crippen LogP contribution in [0.3, 0.4) is 0 Å². The molecule has 0 saturated heterocycles. The molecule has 0 amide bonds. The second-order valence-electron chi connectivity index (χ2n) is 11.5. The van der Waals surface area contributed by atoms with Gasteiger partial charge in [-0.3, -0.25) is 9.59 Å². The predicted octanol–water partition coefficient (Wildman–Crippen LogP) is 5.83. The maximum Gasteiger partial charge on any atom is 0.163 e. The number of ketones is 2. The van der Waals surface area contributed by atoms with Gasteiger partial charge in [0, 0.05) is 24.3 Å². The largest absolute Gasteiger partial charge is 0.389 e. The van der Waals surface area contributed by atoms with E-state index in [0.717, 1.165) is 42.4 Å². The summed E-state index contributed by atoms with van der Waals surface area (Å²) >= 11 is 0. The first-order valence-electron chi connectivity index (χ1n) is 12.4. The Morgan fingerprint density at radius 3 is 2.65 bits per heavy atom. The van der Waals surface area contributed by atoms with Crippen molar-refractivity contribution in [3.63, 3.8) is 0 Å². The highest BCUT2D eigenvalue weighted by atomic mass is 16.3. The van der Waals surface area contributed by atoms with Crippen LogP contribution in [0.5, 0.6) is 0 Å². The van der Waals surface area contributed by atoms with Crippen molar-refractivity contribution < 1.29 is 14.7 Å². The topological polar surface area (TPSA) is 54.4 Å². The lowest BCUT2D eigenvalue weighted by Crippen LogP contribution is -2.46. The average Bonchev–Trinajstić information content (AvgIpc) is 3.05. The molecule has 7 unspecified atom stereocenters. The molecule has 0 bridgehead atoms. The van der Waals surface area contributed by atoms with Gasteiger partial charge in [0.25, 0.3) is 0 Å². The molecule has 0 spiro atoms. The monoisotopic (exact) mass is 424 g/mol. The van der Waals surface area contributed by atoms with Crippen molar-refractivity contribution in [3.8, 4) is 0 Å². The normalized spacial score (nSPS) is 38.5. The van der Waals surface area contributed by atoms with Crippen molar-refractivity contribution in [2.24, 2.45) is 40.9 Å². The molecule has 4 aliphatic carbocycles. The Morgan fingerprint density at radius 2 is 1.97 bits per heavy atom. The average molecular weight is 425 g/mol. The Labute approximate surface area is 188 Å². The maximum atomic E-state index is 13.6. The van der Waals surface area contributed by atoms with Gasteiger partial charge >= 0.3 is 0 Å². The number of fused-ring (bicyclic) bond motifs is 4. The molecule has 7 atom stereocenters. The van der Waals surface area contributed by atoms with E-state index >= 15 is 0 Å². The van der Waals surface area contributed by atoms with Crippen LogP contribution < -0.4 is 0 Å². The van der Waals surface area contributed by atoms with Crippen molar-refractivity contribution in [1.82, 2.24) is 0 Å². The molecule has 3 nitrogen and oxygen atoms in total. The zero-order valence-electron chi connectivity index (χ0n) is 20.0. The minimum atomic E-state index is -0.589. The Bertz CT molecular complexity index is 859. The molecule has 1 N–H and O–H groups in total. The summed E-state index contributed by atoms with van der Waals surface area (Å²) < 4.78 is 0. The van der Waals surface area contributed by atoms with Gasteiger partial charge in [-0.05, 0) is 78.3 Å². The molecule has 0 aliphatic heterocycles. The molecule has 0 radical (unpaired) electrons. The van der Waals surface area contributed by atoms with Crippen LogP contribution in [0.15, 0.2) is 34.9 Å². The Morgan fingerprint density at radius 1 is 1.26 bits per heavy atom. The predicted molar refractivity (Wildman–Crippen MR) is 124 cm³/mol. The van der Waals surface area contributed by atoms with Crippen molar-refractivity contribution >= 4 is 11.6 Å². The number of hydrogen-bond donors (Lipinski definition) is 1. The fourth-order valence-corrected chi connectivity index (χ4v) is 7.39. The summed E-state index contributed by atoms with van der Waals surface area (Å²) in [6.07, 6.45) is 7.38. The molecular formula is C28H40O3. The lowest BCUT2D eigenvalue weighted by molar-refractivity contribution is -0.125. The van der Waals surface area contributed by atoms with Gasteiger partial charge in [-0.25, -0.2) is 0 Å². The first-order valence-corrected chi connectivity index (χ1v) is 12.4. The molecule has 31 heavy (non-hydrogen) atoms. The molecule has 0 heterocycles. The quantitative estimate of drug-likeness (QED) is 0.565. The van der Waals surface area contributed by atoms with Crippen molar-refractivity contribution in [1.29, 1.82) is 0 Å². The van der Waals surface area contributed by atoms with Gasteiger partial charge in [-0.15, -0.1) is 0 Å². The number of aliphatic hydroxyl groups is 1. The number of carbonyl (C=O) groups is 2. The zero-order chi connectivity index (χ0) is 22.7. The van der Waals surface area contributed by atoms with Gasteiger partial charge in [-0.2, -0.15) is 0 Å².